The van der Waals surface area contributed by atoms with Crippen LogP contribution in [0.4, 0.5) is 0 Å². The molecule has 0 aromatic rings. The third kappa shape index (κ3) is 7.03. The van der Waals surface area contributed by atoms with Crippen LogP contribution in [0.3, 0.4) is 0 Å². The van der Waals surface area contributed by atoms with Crippen molar-refractivity contribution in [3.63, 3.8) is 0 Å². The van der Waals surface area contributed by atoms with E-state index < -0.39 is 14.4 Å². The van der Waals surface area contributed by atoms with E-state index in [0.29, 0.717) is 6.42 Å². The normalized spacial score (nSPS) is 17.8. The number of carbonyl (C=O) groups is 1. The predicted octanol–water partition coefficient (Wildman–Crippen LogP) is 4.49. The maximum absolute atomic E-state index is 10.4. The van der Waals surface area contributed by atoms with Crippen LogP contribution in [0.25, 0.3) is 0 Å². The molecule has 22 heavy (non-hydrogen) atoms. The molecular weight excluding hydrogens is 292 g/mol. The minimum Gasteiger partial charge on any atom is -0.414 e. The molecule has 3 nitrogen and oxygen atoms in total. The number of aliphatic hydroxyl groups is 1. The van der Waals surface area contributed by atoms with Crippen LogP contribution in [0, 0.1) is 5.92 Å². The van der Waals surface area contributed by atoms with Crippen LogP contribution in [-0.4, -0.2) is 31.9 Å². The van der Waals surface area contributed by atoms with E-state index in [2.05, 4.69) is 47.7 Å². The zero-order chi connectivity index (χ0) is 17.4. The Labute approximate surface area is 137 Å². The summed E-state index contributed by atoms with van der Waals surface area (Å²) < 4.78 is 6.47. The lowest BCUT2D eigenvalue weighted by atomic mass is 9.94. The molecule has 0 saturated heterocycles. The van der Waals surface area contributed by atoms with Crippen LogP contribution in [-0.2, 0) is 9.22 Å². The summed E-state index contributed by atoms with van der Waals surface area (Å²) in [5.41, 5.74) is 0. The van der Waals surface area contributed by atoms with Gasteiger partial charge in [0.15, 0.2) is 8.32 Å². The zero-order valence-electron chi connectivity index (χ0n) is 15.3. The standard InChI is InChI=1S/C18H34O3Si/c1-8-17(21-22(6,7)18(3,4)5)15(2)16(20)13-11-9-10-12-14-19/h9-12,14-17,20H,8,13H2,1-7H3/b11-9-,12-10+/t15-,16?,17-/m0/s1. The first-order valence-electron chi connectivity index (χ1n) is 8.19. The van der Waals surface area contributed by atoms with Crippen LogP contribution in [0.2, 0.25) is 18.1 Å². The average Bonchev–Trinajstić information content (AvgIpc) is 2.42. The molecule has 0 heterocycles. The van der Waals surface area contributed by atoms with Gasteiger partial charge >= 0.3 is 0 Å². The van der Waals surface area contributed by atoms with Crippen molar-refractivity contribution >= 4 is 14.6 Å². The van der Waals surface area contributed by atoms with E-state index in [1.165, 1.54) is 6.08 Å². The molecule has 0 aromatic carbocycles. The second-order valence-corrected chi connectivity index (χ2v) is 12.2. The van der Waals surface area contributed by atoms with E-state index in [1.54, 1.807) is 12.2 Å². The van der Waals surface area contributed by atoms with Gasteiger partial charge in [-0.15, -0.1) is 0 Å². The summed E-state index contributed by atoms with van der Waals surface area (Å²) in [6.45, 7) is 15.4. The quantitative estimate of drug-likeness (QED) is 0.294. The van der Waals surface area contributed by atoms with Gasteiger partial charge < -0.3 is 9.53 Å². The number of carbonyl (C=O) groups excluding carboxylic acids is 1. The lowest BCUT2D eigenvalue weighted by Gasteiger charge is -2.41. The molecule has 1 unspecified atom stereocenters. The molecule has 0 rings (SSSR count). The summed E-state index contributed by atoms with van der Waals surface area (Å²) >= 11 is 0. The maximum atomic E-state index is 10.4. The molecule has 0 aliphatic heterocycles. The zero-order valence-corrected chi connectivity index (χ0v) is 16.3. The van der Waals surface area contributed by atoms with Crippen molar-refractivity contribution in [3.05, 3.63) is 24.3 Å². The number of hydrogen-bond acceptors (Lipinski definition) is 3. The van der Waals surface area contributed by atoms with Crippen LogP contribution in [0.1, 0.15) is 47.5 Å². The molecule has 0 aliphatic rings. The monoisotopic (exact) mass is 326 g/mol. The van der Waals surface area contributed by atoms with Gasteiger partial charge in [0.1, 0.15) is 6.29 Å². The Morgan fingerprint density at radius 2 is 1.77 bits per heavy atom. The van der Waals surface area contributed by atoms with Crippen molar-refractivity contribution in [3.8, 4) is 0 Å². The topological polar surface area (TPSA) is 46.5 Å². The van der Waals surface area contributed by atoms with Gasteiger partial charge in [-0.3, -0.25) is 4.79 Å². The molecule has 0 aromatic heterocycles. The first-order valence-corrected chi connectivity index (χ1v) is 11.1. The third-order valence-electron chi connectivity index (χ3n) is 4.66. The average molecular weight is 327 g/mol. The van der Waals surface area contributed by atoms with Crippen molar-refractivity contribution in [1.29, 1.82) is 0 Å². The van der Waals surface area contributed by atoms with Crippen LogP contribution in [0.5, 0.6) is 0 Å². The molecule has 0 saturated carbocycles. The third-order valence-corrected chi connectivity index (χ3v) is 9.17. The van der Waals surface area contributed by atoms with Crippen LogP contribution in [0.15, 0.2) is 24.3 Å². The summed E-state index contributed by atoms with van der Waals surface area (Å²) in [6.07, 6.45) is 8.64. The van der Waals surface area contributed by atoms with Gasteiger partial charge in [-0.1, -0.05) is 52.8 Å². The van der Waals surface area contributed by atoms with Crippen molar-refractivity contribution in [2.75, 3.05) is 0 Å². The van der Waals surface area contributed by atoms with E-state index in [4.69, 9.17) is 4.43 Å². The van der Waals surface area contributed by atoms with Crippen LogP contribution < -0.4 is 0 Å². The maximum Gasteiger partial charge on any atom is 0.192 e. The van der Waals surface area contributed by atoms with Gasteiger partial charge in [-0.25, -0.2) is 0 Å². The highest BCUT2D eigenvalue weighted by molar-refractivity contribution is 6.74. The first kappa shape index (κ1) is 21.3. The van der Waals surface area contributed by atoms with E-state index >= 15 is 0 Å². The second-order valence-electron chi connectivity index (χ2n) is 7.44. The molecule has 3 atom stereocenters. The highest BCUT2D eigenvalue weighted by Crippen LogP contribution is 2.38. The van der Waals surface area contributed by atoms with Crippen molar-refractivity contribution in [2.45, 2.75) is 77.8 Å². The van der Waals surface area contributed by atoms with Crippen molar-refractivity contribution < 1.29 is 14.3 Å². The fraction of sp³-hybridized carbons (Fsp3) is 0.722. The summed E-state index contributed by atoms with van der Waals surface area (Å²) in [7, 11) is -1.83. The van der Waals surface area contributed by atoms with E-state index in [0.717, 1.165) is 12.7 Å². The lowest BCUT2D eigenvalue weighted by molar-refractivity contribution is -0.104. The molecule has 4 heteroatoms. The Kier molecular flexibility index (Phi) is 9.13. The van der Waals surface area contributed by atoms with Gasteiger partial charge in [0.05, 0.1) is 6.10 Å². The molecule has 0 bridgehead atoms. The van der Waals surface area contributed by atoms with Crippen molar-refractivity contribution in [2.24, 2.45) is 5.92 Å². The summed E-state index contributed by atoms with van der Waals surface area (Å²) in [5.74, 6) is 0.0822. The highest BCUT2D eigenvalue weighted by atomic mass is 28.4. The minimum atomic E-state index is -1.83. The van der Waals surface area contributed by atoms with E-state index in [-0.39, 0.29) is 17.1 Å². The Morgan fingerprint density at radius 1 is 1.18 bits per heavy atom. The summed E-state index contributed by atoms with van der Waals surface area (Å²) in [4.78, 5) is 10.2. The van der Waals surface area contributed by atoms with E-state index in [1.807, 2.05) is 6.08 Å². The highest BCUT2D eigenvalue weighted by Gasteiger charge is 2.40. The number of hydrogen-bond donors (Lipinski definition) is 1. The smallest absolute Gasteiger partial charge is 0.192 e. The lowest BCUT2D eigenvalue weighted by Crippen LogP contribution is -2.46. The fourth-order valence-electron chi connectivity index (χ4n) is 1.99. The summed E-state index contributed by atoms with van der Waals surface area (Å²) in [5, 5.41) is 10.5. The molecule has 0 amide bonds. The minimum absolute atomic E-state index is 0.0785. The number of allylic oxidation sites excluding steroid dienone is 3. The van der Waals surface area contributed by atoms with Crippen LogP contribution >= 0.6 is 0 Å². The molecule has 0 spiro atoms. The predicted molar refractivity (Wildman–Crippen MR) is 96.5 cm³/mol. The molecule has 0 fully saturated rings. The number of aldehydes is 1. The second kappa shape index (κ2) is 9.43. The SMILES string of the molecule is CC[C@H](O[Si](C)(C)C(C)(C)C)[C@@H](C)C(O)C/C=C\C=C\C=O. The largest absolute Gasteiger partial charge is 0.414 e. The van der Waals surface area contributed by atoms with Gasteiger partial charge in [-0.05, 0) is 37.0 Å². The Balaban J connectivity index is 4.70. The summed E-state index contributed by atoms with van der Waals surface area (Å²) in [6, 6.07) is 0. The molecule has 0 aliphatic carbocycles. The Hall–Kier alpha value is -0.713. The van der Waals surface area contributed by atoms with Gasteiger partial charge in [0.2, 0.25) is 0 Å². The first-order chi connectivity index (χ1) is 10.1. The van der Waals surface area contributed by atoms with Gasteiger partial charge in [0, 0.05) is 12.0 Å². The van der Waals surface area contributed by atoms with Gasteiger partial charge in [-0.2, -0.15) is 0 Å². The number of aliphatic hydroxyl groups excluding tert-OH is 1. The molecule has 0 radical (unpaired) electrons. The fourth-order valence-corrected chi connectivity index (χ4v) is 3.48. The Morgan fingerprint density at radius 3 is 2.23 bits per heavy atom. The van der Waals surface area contributed by atoms with E-state index in [9.17, 15) is 9.90 Å². The van der Waals surface area contributed by atoms with Crippen molar-refractivity contribution in [1.82, 2.24) is 0 Å². The number of rotatable bonds is 9. The molecular formula is C18H34O3Si. The van der Waals surface area contributed by atoms with Gasteiger partial charge in [0.25, 0.3) is 0 Å². The molecule has 128 valence electrons. The Bertz CT molecular complexity index is 380. The molecule has 1 N–H and O–H groups in total.